The summed E-state index contributed by atoms with van der Waals surface area (Å²) in [5.74, 6) is 1.09. The van der Waals surface area contributed by atoms with Crippen LogP contribution in [0.15, 0.2) is 0 Å². The molecule has 1 fully saturated rings. The van der Waals surface area contributed by atoms with Crippen LogP contribution in [-0.2, 0) is 0 Å². The van der Waals surface area contributed by atoms with Crippen LogP contribution in [0.3, 0.4) is 0 Å². The Morgan fingerprint density at radius 3 is 2.00 bits per heavy atom. The van der Waals surface area contributed by atoms with E-state index in [9.17, 15) is 10.4 Å². The number of hydrogen-bond acceptors (Lipinski definition) is 2. The first-order valence-corrected chi connectivity index (χ1v) is 7.68. The first-order valence-electron chi connectivity index (χ1n) is 7.68. The van der Waals surface area contributed by atoms with Crippen LogP contribution in [0.2, 0.25) is 0 Å². The summed E-state index contributed by atoms with van der Waals surface area (Å²) in [4.78, 5) is 0. The van der Waals surface area contributed by atoms with E-state index in [0.717, 1.165) is 25.7 Å². The molecule has 110 valence electrons. The Labute approximate surface area is 119 Å². The molecule has 1 aliphatic rings. The summed E-state index contributed by atoms with van der Waals surface area (Å²) in [6.45, 7) is 12.9. The van der Waals surface area contributed by atoms with Gasteiger partial charge in [0.15, 0.2) is 0 Å². The average Bonchev–Trinajstić information content (AvgIpc) is 2.26. The third-order valence-electron chi connectivity index (χ3n) is 5.11. The average molecular weight is 265 g/mol. The van der Waals surface area contributed by atoms with Crippen LogP contribution in [-0.4, -0.2) is 10.7 Å². The van der Waals surface area contributed by atoms with E-state index in [1.165, 1.54) is 0 Å². The minimum Gasteiger partial charge on any atom is -0.389 e. The smallest absolute Gasteiger partial charge is 0.0857 e. The summed E-state index contributed by atoms with van der Waals surface area (Å²) in [6.07, 6.45) is 4.51. The monoisotopic (exact) mass is 265 g/mol. The van der Waals surface area contributed by atoms with Gasteiger partial charge in [0.1, 0.15) is 0 Å². The summed E-state index contributed by atoms with van der Waals surface area (Å²) in [5, 5.41) is 20.5. The maximum Gasteiger partial charge on any atom is 0.0857 e. The van der Waals surface area contributed by atoms with Crippen molar-refractivity contribution in [3.05, 3.63) is 0 Å². The van der Waals surface area contributed by atoms with Gasteiger partial charge >= 0.3 is 0 Å². The van der Waals surface area contributed by atoms with Gasteiger partial charge < -0.3 is 5.11 Å². The van der Waals surface area contributed by atoms with Crippen LogP contribution in [0.1, 0.15) is 73.6 Å². The highest BCUT2D eigenvalue weighted by molar-refractivity contribution is 5.12. The number of hydrogen-bond donors (Lipinski definition) is 1. The van der Waals surface area contributed by atoms with Crippen molar-refractivity contribution in [2.45, 2.75) is 79.2 Å². The van der Waals surface area contributed by atoms with E-state index in [-0.39, 0.29) is 0 Å². The maximum atomic E-state index is 10.8. The lowest BCUT2D eigenvalue weighted by atomic mass is 9.58. The van der Waals surface area contributed by atoms with Gasteiger partial charge in [-0.25, -0.2) is 0 Å². The van der Waals surface area contributed by atoms with Gasteiger partial charge in [-0.05, 0) is 56.3 Å². The highest BCUT2D eigenvalue weighted by atomic mass is 16.3. The van der Waals surface area contributed by atoms with Gasteiger partial charge in [-0.1, -0.05) is 34.6 Å². The molecular weight excluding hydrogens is 234 g/mol. The fourth-order valence-corrected chi connectivity index (χ4v) is 3.74. The molecule has 2 nitrogen and oxygen atoms in total. The Hall–Kier alpha value is -0.550. The van der Waals surface area contributed by atoms with Crippen LogP contribution in [0.5, 0.6) is 0 Å². The van der Waals surface area contributed by atoms with Gasteiger partial charge in [0.2, 0.25) is 0 Å². The third kappa shape index (κ3) is 3.51. The van der Waals surface area contributed by atoms with Crippen LogP contribution < -0.4 is 0 Å². The van der Waals surface area contributed by atoms with Crippen molar-refractivity contribution < 1.29 is 5.11 Å². The van der Waals surface area contributed by atoms with Gasteiger partial charge in [-0.3, -0.25) is 0 Å². The predicted octanol–water partition coefficient (Wildman–Crippen LogP) is 4.53. The molecule has 19 heavy (non-hydrogen) atoms. The van der Waals surface area contributed by atoms with Crippen molar-refractivity contribution >= 4 is 0 Å². The molecule has 0 spiro atoms. The van der Waals surface area contributed by atoms with E-state index in [2.05, 4.69) is 40.7 Å². The molecule has 0 aromatic carbocycles. The second-order valence-electron chi connectivity index (χ2n) is 8.21. The van der Waals surface area contributed by atoms with Crippen molar-refractivity contribution in [2.24, 2.45) is 22.7 Å². The largest absolute Gasteiger partial charge is 0.389 e. The molecule has 0 aromatic rings. The quantitative estimate of drug-likeness (QED) is 0.814. The van der Waals surface area contributed by atoms with E-state index in [4.69, 9.17) is 0 Å². The van der Waals surface area contributed by atoms with Gasteiger partial charge in [0, 0.05) is 0 Å². The zero-order chi connectivity index (χ0) is 14.9. The lowest BCUT2D eigenvalue weighted by Gasteiger charge is -2.47. The Morgan fingerprint density at radius 2 is 1.68 bits per heavy atom. The van der Waals surface area contributed by atoms with Crippen LogP contribution >= 0.6 is 0 Å². The number of nitrogens with zero attached hydrogens (tertiary/aromatic N) is 1. The van der Waals surface area contributed by atoms with Crippen LogP contribution in [0.4, 0.5) is 0 Å². The van der Waals surface area contributed by atoms with Crippen molar-refractivity contribution in [1.82, 2.24) is 0 Å². The Morgan fingerprint density at radius 1 is 1.21 bits per heavy atom. The summed E-state index contributed by atoms with van der Waals surface area (Å²) in [7, 11) is 0. The van der Waals surface area contributed by atoms with Gasteiger partial charge in [0.25, 0.3) is 0 Å². The minimum atomic E-state index is -0.862. The van der Waals surface area contributed by atoms with E-state index >= 15 is 0 Å². The second kappa shape index (κ2) is 5.44. The fraction of sp³-hybridized carbons (Fsp3) is 0.941. The van der Waals surface area contributed by atoms with E-state index in [1.807, 2.05) is 6.92 Å². The van der Waals surface area contributed by atoms with Crippen molar-refractivity contribution in [1.29, 1.82) is 5.26 Å². The van der Waals surface area contributed by atoms with Crippen molar-refractivity contribution in [2.75, 3.05) is 0 Å². The number of aliphatic hydroxyl groups is 1. The molecule has 0 heterocycles. The first-order chi connectivity index (χ1) is 8.54. The van der Waals surface area contributed by atoms with Crippen molar-refractivity contribution in [3.8, 4) is 6.07 Å². The normalized spacial score (nSPS) is 31.8. The zero-order valence-electron chi connectivity index (χ0n) is 13.6. The first kappa shape index (κ1) is 16.5. The Bertz CT molecular complexity index is 335. The molecule has 1 unspecified atom stereocenters. The standard InChI is InChI=1S/C17H31NO/c1-13(2)11-16(6,19)17(12-18)9-7-14(8-10-17)15(3,4)5/h13-14,19H,7-11H2,1-6H3. The lowest BCUT2D eigenvalue weighted by Crippen LogP contribution is -2.49. The summed E-state index contributed by atoms with van der Waals surface area (Å²) >= 11 is 0. The second-order valence-corrected chi connectivity index (χ2v) is 8.21. The van der Waals surface area contributed by atoms with Gasteiger partial charge in [0.05, 0.1) is 17.1 Å². The molecule has 1 atom stereocenters. The molecule has 1 N–H and O–H groups in total. The van der Waals surface area contributed by atoms with Gasteiger partial charge in [-0.15, -0.1) is 0 Å². The Balaban J connectivity index is 2.84. The molecular formula is C17H31NO. The highest BCUT2D eigenvalue weighted by Gasteiger charge is 2.50. The molecule has 0 saturated heterocycles. The summed E-state index contributed by atoms with van der Waals surface area (Å²) in [6, 6.07) is 2.49. The number of nitriles is 1. The van der Waals surface area contributed by atoms with E-state index < -0.39 is 11.0 Å². The molecule has 1 saturated carbocycles. The molecule has 0 amide bonds. The lowest BCUT2D eigenvalue weighted by molar-refractivity contribution is -0.0830. The topological polar surface area (TPSA) is 44.0 Å². The molecule has 0 aromatic heterocycles. The molecule has 0 radical (unpaired) electrons. The molecule has 2 heteroatoms. The molecule has 1 rings (SSSR count). The minimum absolute atomic E-state index is 0.311. The maximum absolute atomic E-state index is 10.8. The predicted molar refractivity (Wildman–Crippen MR) is 79.5 cm³/mol. The highest BCUT2D eigenvalue weighted by Crippen LogP contribution is 2.51. The SMILES string of the molecule is CC(C)CC(C)(O)C1(C#N)CCC(C(C)(C)C)CC1. The fourth-order valence-electron chi connectivity index (χ4n) is 3.74. The van der Waals surface area contributed by atoms with Crippen LogP contribution in [0, 0.1) is 34.0 Å². The third-order valence-corrected chi connectivity index (χ3v) is 5.11. The molecule has 1 aliphatic carbocycles. The summed E-state index contributed by atoms with van der Waals surface area (Å²) in [5.41, 5.74) is -1.09. The molecule has 0 aliphatic heterocycles. The summed E-state index contributed by atoms with van der Waals surface area (Å²) < 4.78 is 0. The van der Waals surface area contributed by atoms with E-state index in [1.54, 1.807) is 0 Å². The van der Waals surface area contributed by atoms with Gasteiger partial charge in [-0.2, -0.15) is 5.26 Å². The van der Waals surface area contributed by atoms with Crippen molar-refractivity contribution in [3.63, 3.8) is 0 Å². The number of rotatable bonds is 3. The van der Waals surface area contributed by atoms with E-state index in [0.29, 0.717) is 23.7 Å². The zero-order valence-corrected chi connectivity index (χ0v) is 13.6. The molecule has 0 bridgehead atoms. The van der Waals surface area contributed by atoms with Crippen LogP contribution in [0.25, 0.3) is 0 Å². The Kier molecular flexibility index (Phi) is 4.73.